The van der Waals surface area contributed by atoms with Crippen LogP contribution < -0.4 is 9.80 Å². The number of ether oxygens (including phenoxy) is 1. The van der Waals surface area contributed by atoms with Crippen LogP contribution in [-0.4, -0.2) is 78.1 Å². The van der Waals surface area contributed by atoms with Gasteiger partial charge in [0, 0.05) is 57.0 Å². The van der Waals surface area contributed by atoms with Crippen molar-refractivity contribution in [3.05, 3.63) is 48.8 Å². The van der Waals surface area contributed by atoms with Crippen molar-refractivity contribution in [3.63, 3.8) is 0 Å². The van der Waals surface area contributed by atoms with Crippen LogP contribution in [0.25, 0.3) is 10.9 Å². The molecule has 8 heteroatoms. The van der Waals surface area contributed by atoms with E-state index in [2.05, 4.69) is 44.3 Å². The summed E-state index contributed by atoms with van der Waals surface area (Å²) >= 11 is 0. The van der Waals surface area contributed by atoms with E-state index in [0.29, 0.717) is 19.6 Å². The van der Waals surface area contributed by atoms with E-state index in [1.807, 2.05) is 34.0 Å². The van der Waals surface area contributed by atoms with E-state index in [-0.39, 0.29) is 5.91 Å². The van der Waals surface area contributed by atoms with Crippen molar-refractivity contribution in [2.24, 2.45) is 0 Å². The molecule has 0 aliphatic carbocycles. The summed E-state index contributed by atoms with van der Waals surface area (Å²) in [6.45, 7) is 6.54. The Labute approximate surface area is 175 Å². The number of para-hydroxylation sites is 1. The molecule has 0 unspecified atom stereocenters. The zero-order valence-electron chi connectivity index (χ0n) is 17.0. The summed E-state index contributed by atoms with van der Waals surface area (Å²) in [7, 11) is 0. The molecule has 2 fully saturated rings. The fraction of sp³-hybridized carbons (Fsp3) is 0.409. The number of rotatable bonds is 4. The summed E-state index contributed by atoms with van der Waals surface area (Å²) in [6.07, 6.45) is 3.81. The number of morpholine rings is 1. The molecule has 0 saturated carbocycles. The molecule has 1 amide bonds. The van der Waals surface area contributed by atoms with Gasteiger partial charge in [0.15, 0.2) is 5.82 Å². The quantitative estimate of drug-likeness (QED) is 0.656. The lowest BCUT2D eigenvalue weighted by atomic mass is 10.2. The highest BCUT2D eigenvalue weighted by Gasteiger charge is 2.23. The van der Waals surface area contributed by atoms with Crippen molar-refractivity contribution in [2.45, 2.75) is 6.54 Å². The Kier molecular flexibility index (Phi) is 5.23. The zero-order valence-corrected chi connectivity index (χ0v) is 17.0. The van der Waals surface area contributed by atoms with E-state index in [9.17, 15) is 4.79 Å². The minimum Gasteiger partial charge on any atom is -0.378 e. The molecule has 0 N–H and O–H groups in total. The van der Waals surface area contributed by atoms with Crippen molar-refractivity contribution in [3.8, 4) is 0 Å². The Hall–Kier alpha value is -3.13. The number of hydrogen-bond acceptors (Lipinski definition) is 6. The Morgan fingerprint density at radius 3 is 2.60 bits per heavy atom. The van der Waals surface area contributed by atoms with Gasteiger partial charge in [0.1, 0.15) is 6.54 Å². The first-order valence-corrected chi connectivity index (χ1v) is 10.5. The third kappa shape index (κ3) is 3.82. The van der Waals surface area contributed by atoms with Gasteiger partial charge in [0.05, 0.1) is 25.1 Å². The number of aromatic nitrogens is 3. The number of carbonyl (C=O) groups is 1. The minimum absolute atomic E-state index is 0.165. The summed E-state index contributed by atoms with van der Waals surface area (Å²) in [4.78, 5) is 19.3. The molecule has 30 heavy (non-hydrogen) atoms. The van der Waals surface area contributed by atoms with Gasteiger partial charge in [-0.3, -0.25) is 4.79 Å². The maximum absolute atomic E-state index is 12.9. The first kappa shape index (κ1) is 18.9. The average Bonchev–Trinajstić information content (AvgIpc) is 3.23. The van der Waals surface area contributed by atoms with Crippen LogP contribution in [0.2, 0.25) is 0 Å². The van der Waals surface area contributed by atoms with Crippen LogP contribution in [0.15, 0.2) is 48.8 Å². The van der Waals surface area contributed by atoms with Crippen LogP contribution in [0.5, 0.6) is 0 Å². The second-order valence-corrected chi connectivity index (χ2v) is 7.74. The van der Waals surface area contributed by atoms with Gasteiger partial charge in [-0.1, -0.05) is 18.2 Å². The molecule has 1 aromatic carbocycles. The highest BCUT2D eigenvalue weighted by atomic mass is 16.5. The second kappa shape index (κ2) is 8.31. The molecule has 5 rings (SSSR count). The van der Waals surface area contributed by atoms with Gasteiger partial charge in [-0.05, 0) is 17.5 Å². The SMILES string of the molecule is O=C(Cn1ccc2ccccc21)N1CCN(c2cnnc(N3CCOCC3)c2)CC1. The molecule has 0 atom stereocenters. The summed E-state index contributed by atoms with van der Waals surface area (Å²) in [5.74, 6) is 1.06. The molecule has 8 nitrogen and oxygen atoms in total. The van der Waals surface area contributed by atoms with E-state index < -0.39 is 0 Å². The Bertz CT molecular complexity index is 1020. The average molecular weight is 406 g/mol. The first-order valence-electron chi connectivity index (χ1n) is 10.5. The molecule has 0 radical (unpaired) electrons. The molecule has 156 valence electrons. The molecule has 3 aromatic rings. The van der Waals surface area contributed by atoms with E-state index >= 15 is 0 Å². The molecule has 2 aromatic heterocycles. The Morgan fingerprint density at radius 1 is 0.967 bits per heavy atom. The zero-order chi connectivity index (χ0) is 20.3. The molecule has 2 aliphatic heterocycles. The number of piperazine rings is 1. The number of benzene rings is 1. The van der Waals surface area contributed by atoms with Gasteiger partial charge in [0.2, 0.25) is 5.91 Å². The third-order valence-electron chi connectivity index (χ3n) is 5.95. The van der Waals surface area contributed by atoms with E-state index in [4.69, 9.17) is 4.74 Å². The van der Waals surface area contributed by atoms with Crippen LogP contribution in [0, 0.1) is 0 Å². The summed E-state index contributed by atoms with van der Waals surface area (Å²) in [5.41, 5.74) is 2.16. The van der Waals surface area contributed by atoms with Crippen molar-refractivity contribution in [1.29, 1.82) is 0 Å². The molecular formula is C22H26N6O2. The second-order valence-electron chi connectivity index (χ2n) is 7.74. The van der Waals surface area contributed by atoms with Crippen molar-refractivity contribution in [1.82, 2.24) is 19.7 Å². The number of anilines is 2. The van der Waals surface area contributed by atoms with E-state index in [1.165, 1.54) is 0 Å². The maximum atomic E-state index is 12.9. The standard InChI is InChI=1S/C22H26N6O2/c29-22(17-28-6-5-18-3-1-2-4-20(18)28)27-9-7-25(8-10-27)19-15-21(24-23-16-19)26-11-13-30-14-12-26/h1-6,15-16H,7-14,17H2. The number of fused-ring (bicyclic) bond motifs is 1. The molecule has 0 bridgehead atoms. The van der Waals surface area contributed by atoms with Gasteiger partial charge in [-0.25, -0.2) is 0 Å². The van der Waals surface area contributed by atoms with E-state index in [1.54, 1.807) is 0 Å². The van der Waals surface area contributed by atoms with Gasteiger partial charge in [-0.15, -0.1) is 5.10 Å². The number of carbonyl (C=O) groups excluding carboxylic acids is 1. The molecular weight excluding hydrogens is 380 g/mol. The monoisotopic (exact) mass is 406 g/mol. The predicted molar refractivity (Wildman–Crippen MR) is 116 cm³/mol. The molecule has 2 saturated heterocycles. The fourth-order valence-electron chi connectivity index (χ4n) is 4.20. The van der Waals surface area contributed by atoms with Crippen LogP contribution >= 0.6 is 0 Å². The Morgan fingerprint density at radius 2 is 1.77 bits per heavy atom. The first-order chi connectivity index (χ1) is 14.8. The fourth-order valence-corrected chi connectivity index (χ4v) is 4.20. The van der Waals surface area contributed by atoms with Crippen LogP contribution in [0.4, 0.5) is 11.5 Å². The smallest absolute Gasteiger partial charge is 0.242 e. The van der Waals surface area contributed by atoms with E-state index in [0.717, 1.165) is 61.8 Å². The highest BCUT2D eigenvalue weighted by Crippen LogP contribution is 2.21. The molecule has 0 spiro atoms. The summed E-state index contributed by atoms with van der Waals surface area (Å²) in [5, 5.41) is 9.67. The van der Waals surface area contributed by atoms with Crippen molar-refractivity contribution in [2.75, 3.05) is 62.3 Å². The highest BCUT2D eigenvalue weighted by molar-refractivity contribution is 5.83. The van der Waals surface area contributed by atoms with Gasteiger partial charge < -0.3 is 24.0 Å². The minimum atomic E-state index is 0.165. The molecule has 2 aliphatic rings. The van der Waals surface area contributed by atoms with Crippen LogP contribution in [0.3, 0.4) is 0 Å². The summed E-state index contributed by atoms with van der Waals surface area (Å²) < 4.78 is 7.46. The van der Waals surface area contributed by atoms with Crippen molar-refractivity contribution >= 4 is 28.3 Å². The normalized spacial score (nSPS) is 17.5. The van der Waals surface area contributed by atoms with Crippen LogP contribution in [-0.2, 0) is 16.1 Å². The third-order valence-corrected chi connectivity index (χ3v) is 5.95. The summed E-state index contributed by atoms with van der Waals surface area (Å²) in [6, 6.07) is 12.3. The maximum Gasteiger partial charge on any atom is 0.242 e. The number of amides is 1. The lowest BCUT2D eigenvalue weighted by Gasteiger charge is -2.36. The largest absolute Gasteiger partial charge is 0.378 e. The van der Waals surface area contributed by atoms with Gasteiger partial charge in [-0.2, -0.15) is 5.10 Å². The number of nitrogens with zero attached hydrogens (tertiary/aromatic N) is 6. The Balaban J connectivity index is 1.20. The van der Waals surface area contributed by atoms with Gasteiger partial charge >= 0.3 is 0 Å². The predicted octanol–water partition coefficient (Wildman–Crippen LogP) is 1.62. The van der Waals surface area contributed by atoms with Gasteiger partial charge in [0.25, 0.3) is 0 Å². The lowest BCUT2D eigenvalue weighted by molar-refractivity contribution is -0.132. The van der Waals surface area contributed by atoms with Crippen LogP contribution in [0.1, 0.15) is 0 Å². The topological polar surface area (TPSA) is 66.7 Å². The number of hydrogen-bond donors (Lipinski definition) is 0. The van der Waals surface area contributed by atoms with Crippen molar-refractivity contribution < 1.29 is 9.53 Å². The lowest BCUT2D eigenvalue weighted by Crippen LogP contribution is -2.49. The molecule has 4 heterocycles.